The number of thiazole rings is 1. The van der Waals surface area contributed by atoms with Crippen LogP contribution in [0.1, 0.15) is 20.8 Å². The first-order chi connectivity index (χ1) is 11.6. The fraction of sp³-hybridized carbons (Fsp3) is 0.158. The van der Waals surface area contributed by atoms with Crippen molar-refractivity contribution in [1.29, 1.82) is 0 Å². The van der Waals surface area contributed by atoms with Crippen molar-refractivity contribution in [3.63, 3.8) is 0 Å². The van der Waals surface area contributed by atoms with Gasteiger partial charge in [-0.1, -0.05) is 36.4 Å². The standard InChI is InChI=1S/C19H15FN2OS/c1-22-17-13-7-3-2-6-12(13)10-11-16(17)24-19(22)21-18(23)14-8-4-5-9-15(14)20/h2-9H,10-11H2,1H3. The summed E-state index contributed by atoms with van der Waals surface area (Å²) in [7, 11) is 1.91. The van der Waals surface area contributed by atoms with E-state index in [1.54, 1.807) is 12.1 Å². The van der Waals surface area contributed by atoms with E-state index in [1.807, 2.05) is 23.7 Å². The van der Waals surface area contributed by atoms with Crippen molar-refractivity contribution in [2.75, 3.05) is 0 Å². The smallest absolute Gasteiger partial charge is 0.282 e. The zero-order chi connectivity index (χ0) is 16.7. The van der Waals surface area contributed by atoms with Crippen LogP contribution in [-0.2, 0) is 19.9 Å². The summed E-state index contributed by atoms with van der Waals surface area (Å²) in [4.78, 5) is 18.3. The summed E-state index contributed by atoms with van der Waals surface area (Å²) in [6.07, 6.45) is 1.93. The first kappa shape index (κ1) is 15.0. The molecule has 0 unspecified atom stereocenters. The molecule has 0 atom stereocenters. The molecule has 5 heteroatoms. The summed E-state index contributed by atoms with van der Waals surface area (Å²) in [5.41, 5.74) is 3.62. The summed E-state index contributed by atoms with van der Waals surface area (Å²) in [6.45, 7) is 0. The van der Waals surface area contributed by atoms with Gasteiger partial charge in [0.1, 0.15) is 5.82 Å². The third-order valence-electron chi connectivity index (χ3n) is 4.30. The summed E-state index contributed by atoms with van der Waals surface area (Å²) >= 11 is 1.51. The van der Waals surface area contributed by atoms with E-state index in [9.17, 15) is 9.18 Å². The highest BCUT2D eigenvalue weighted by atomic mass is 32.1. The maximum atomic E-state index is 13.8. The van der Waals surface area contributed by atoms with E-state index >= 15 is 0 Å². The van der Waals surface area contributed by atoms with Crippen molar-refractivity contribution in [1.82, 2.24) is 4.57 Å². The maximum Gasteiger partial charge on any atom is 0.282 e. The Morgan fingerprint density at radius 3 is 2.71 bits per heavy atom. The lowest BCUT2D eigenvalue weighted by atomic mass is 9.93. The van der Waals surface area contributed by atoms with Crippen molar-refractivity contribution in [3.8, 4) is 11.3 Å². The van der Waals surface area contributed by atoms with Crippen molar-refractivity contribution in [2.24, 2.45) is 12.0 Å². The Hall–Kier alpha value is -2.53. The predicted octanol–water partition coefficient (Wildman–Crippen LogP) is 3.73. The number of fused-ring (bicyclic) bond motifs is 3. The molecule has 1 aromatic heterocycles. The monoisotopic (exact) mass is 338 g/mol. The molecule has 1 amide bonds. The Bertz CT molecular complexity index is 1020. The van der Waals surface area contributed by atoms with E-state index in [0.717, 1.165) is 18.5 Å². The molecule has 0 fully saturated rings. The van der Waals surface area contributed by atoms with Crippen LogP contribution in [-0.4, -0.2) is 10.5 Å². The Morgan fingerprint density at radius 2 is 1.88 bits per heavy atom. The van der Waals surface area contributed by atoms with Crippen LogP contribution in [0.25, 0.3) is 11.3 Å². The van der Waals surface area contributed by atoms with Gasteiger partial charge in [-0.3, -0.25) is 4.79 Å². The van der Waals surface area contributed by atoms with Gasteiger partial charge in [-0.25, -0.2) is 4.39 Å². The van der Waals surface area contributed by atoms with Crippen LogP contribution < -0.4 is 4.80 Å². The quantitative estimate of drug-likeness (QED) is 0.666. The Kier molecular flexibility index (Phi) is 3.65. The van der Waals surface area contributed by atoms with E-state index in [4.69, 9.17) is 0 Å². The number of halogens is 1. The Labute approximate surface area is 142 Å². The molecule has 0 N–H and O–H groups in total. The van der Waals surface area contributed by atoms with Crippen LogP contribution in [0.2, 0.25) is 0 Å². The number of hydrogen-bond acceptors (Lipinski definition) is 2. The summed E-state index contributed by atoms with van der Waals surface area (Å²) in [6, 6.07) is 14.2. The summed E-state index contributed by atoms with van der Waals surface area (Å²) in [5.74, 6) is -1.09. The molecule has 0 saturated heterocycles. The maximum absolute atomic E-state index is 13.8. The fourth-order valence-corrected chi connectivity index (χ4v) is 4.23. The highest BCUT2D eigenvalue weighted by Crippen LogP contribution is 2.34. The van der Waals surface area contributed by atoms with Gasteiger partial charge in [-0.2, -0.15) is 4.99 Å². The van der Waals surface area contributed by atoms with Crippen LogP contribution >= 0.6 is 11.3 Å². The zero-order valence-electron chi connectivity index (χ0n) is 13.1. The van der Waals surface area contributed by atoms with Gasteiger partial charge in [0.05, 0.1) is 11.3 Å². The highest BCUT2D eigenvalue weighted by Gasteiger charge is 2.21. The number of hydrogen-bond donors (Lipinski definition) is 0. The van der Waals surface area contributed by atoms with Crippen LogP contribution in [0, 0.1) is 5.82 Å². The number of aromatic nitrogens is 1. The number of benzene rings is 2. The molecule has 1 heterocycles. The molecule has 2 aromatic carbocycles. The van der Waals surface area contributed by atoms with E-state index in [0.29, 0.717) is 4.80 Å². The molecule has 0 aliphatic heterocycles. The van der Waals surface area contributed by atoms with Crippen molar-refractivity contribution in [2.45, 2.75) is 12.8 Å². The first-order valence-corrected chi connectivity index (χ1v) is 8.57. The second-order valence-corrected chi connectivity index (χ2v) is 6.83. The normalized spacial score (nSPS) is 13.5. The minimum absolute atomic E-state index is 0.00396. The number of aryl methyl sites for hydroxylation is 2. The molecule has 0 saturated carbocycles. The van der Waals surface area contributed by atoms with Gasteiger partial charge in [0.15, 0.2) is 4.80 Å². The Balaban J connectivity index is 1.84. The van der Waals surface area contributed by atoms with Gasteiger partial charge in [0.2, 0.25) is 0 Å². The van der Waals surface area contributed by atoms with Crippen molar-refractivity contribution < 1.29 is 9.18 Å². The Morgan fingerprint density at radius 1 is 1.12 bits per heavy atom. The molecule has 4 rings (SSSR count). The molecule has 24 heavy (non-hydrogen) atoms. The first-order valence-electron chi connectivity index (χ1n) is 7.75. The lowest BCUT2D eigenvalue weighted by Gasteiger charge is -2.16. The lowest BCUT2D eigenvalue weighted by Crippen LogP contribution is -2.15. The van der Waals surface area contributed by atoms with Gasteiger partial charge in [-0.15, -0.1) is 11.3 Å². The lowest BCUT2D eigenvalue weighted by molar-refractivity contribution is 0.0994. The van der Waals surface area contributed by atoms with Gasteiger partial charge >= 0.3 is 0 Å². The second kappa shape index (κ2) is 5.83. The van der Waals surface area contributed by atoms with Crippen LogP contribution in [0.4, 0.5) is 4.39 Å². The molecule has 3 nitrogen and oxygen atoms in total. The van der Waals surface area contributed by atoms with Crippen LogP contribution in [0.5, 0.6) is 0 Å². The molecular formula is C19H15FN2OS. The second-order valence-electron chi connectivity index (χ2n) is 5.77. The average molecular weight is 338 g/mol. The molecule has 0 radical (unpaired) electrons. The topological polar surface area (TPSA) is 34.4 Å². The van der Waals surface area contributed by atoms with E-state index < -0.39 is 11.7 Å². The van der Waals surface area contributed by atoms with Gasteiger partial charge in [0, 0.05) is 17.5 Å². The number of carbonyl (C=O) groups is 1. The minimum atomic E-state index is -0.546. The molecule has 1 aliphatic rings. The van der Waals surface area contributed by atoms with E-state index in [-0.39, 0.29) is 5.56 Å². The van der Waals surface area contributed by atoms with Crippen molar-refractivity contribution >= 4 is 17.2 Å². The molecule has 1 aliphatic carbocycles. The number of rotatable bonds is 1. The zero-order valence-corrected chi connectivity index (χ0v) is 13.9. The summed E-state index contributed by atoms with van der Waals surface area (Å²) in [5, 5.41) is 0. The number of amides is 1. The number of nitrogens with zero attached hydrogens (tertiary/aromatic N) is 2. The highest BCUT2D eigenvalue weighted by molar-refractivity contribution is 7.09. The largest absolute Gasteiger partial charge is 0.319 e. The van der Waals surface area contributed by atoms with Gasteiger partial charge in [0.25, 0.3) is 5.91 Å². The fourth-order valence-electron chi connectivity index (χ4n) is 3.11. The third-order valence-corrected chi connectivity index (χ3v) is 5.49. The van der Waals surface area contributed by atoms with Gasteiger partial charge in [-0.05, 0) is 30.5 Å². The molecule has 0 bridgehead atoms. The van der Waals surface area contributed by atoms with E-state index in [2.05, 4.69) is 17.1 Å². The van der Waals surface area contributed by atoms with Crippen molar-refractivity contribution in [3.05, 3.63) is 75.2 Å². The van der Waals surface area contributed by atoms with E-state index in [1.165, 1.54) is 39.5 Å². The average Bonchev–Trinajstić information content (AvgIpc) is 2.91. The SMILES string of the molecule is Cn1c2c(sc1=NC(=O)c1ccccc1F)CCc1ccccc1-2. The predicted molar refractivity (Wildman–Crippen MR) is 92.4 cm³/mol. The molecule has 0 spiro atoms. The minimum Gasteiger partial charge on any atom is -0.319 e. The van der Waals surface area contributed by atoms with Crippen LogP contribution in [0.3, 0.4) is 0 Å². The van der Waals surface area contributed by atoms with Gasteiger partial charge < -0.3 is 4.57 Å². The molecule has 120 valence electrons. The molecule has 3 aromatic rings. The summed E-state index contributed by atoms with van der Waals surface area (Å²) < 4.78 is 15.7. The number of carbonyl (C=O) groups excluding carboxylic acids is 1. The third kappa shape index (κ3) is 2.41. The van der Waals surface area contributed by atoms with Crippen LogP contribution in [0.15, 0.2) is 53.5 Å². The molecular weight excluding hydrogens is 323 g/mol.